The first-order chi connectivity index (χ1) is 8.84. The van der Waals surface area contributed by atoms with Crippen molar-refractivity contribution in [3.63, 3.8) is 0 Å². The first kappa shape index (κ1) is 15.1. The van der Waals surface area contributed by atoms with Crippen molar-refractivity contribution < 1.29 is 0 Å². The molecule has 1 rings (SSSR count). The molecule has 0 amide bonds. The molecule has 2 N–H and O–H groups in total. The van der Waals surface area contributed by atoms with Gasteiger partial charge in [-0.15, -0.1) is 0 Å². The lowest BCUT2D eigenvalue weighted by atomic mass is 9.92. The van der Waals surface area contributed by atoms with E-state index in [4.69, 9.17) is 5.26 Å². The fourth-order valence-corrected chi connectivity index (χ4v) is 1.48. The summed E-state index contributed by atoms with van der Waals surface area (Å²) in [5.74, 6) is 0. The van der Waals surface area contributed by atoms with Crippen LogP contribution >= 0.6 is 0 Å². The smallest absolute Gasteiger partial charge is 0.0640 e. The zero-order chi connectivity index (χ0) is 14.5. The van der Waals surface area contributed by atoms with Crippen molar-refractivity contribution in [1.82, 2.24) is 0 Å². The summed E-state index contributed by atoms with van der Waals surface area (Å²) >= 11 is 0. The second kappa shape index (κ2) is 6.29. The Morgan fingerprint density at radius 1 is 1.37 bits per heavy atom. The number of hydrogen-bond donors (Lipinski definition) is 2. The minimum absolute atomic E-state index is 0.0245. The molecule has 0 spiro atoms. The van der Waals surface area contributed by atoms with Gasteiger partial charge in [0.1, 0.15) is 0 Å². The summed E-state index contributed by atoms with van der Waals surface area (Å²) in [5.41, 5.74) is 4.27. The third-order valence-corrected chi connectivity index (χ3v) is 2.99. The van der Waals surface area contributed by atoms with Crippen LogP contribution < -0.4 is 10.6 Å². The summed E-state index contributed by atoms with van der Waals surface area (Å²) in [6.07, 6.45) is 0.505. The molecule has 1 aromatic carbocycles. The van der Waals surface area contributed by atoms with Crippen LogP contribution in [0.3, 0.4) is 0 Å². The van der Waals surface area contributed by atoms with Crippen LogP contribution in [-0.4, -0.2) is 6.54 Å². The zero-order valence-corrected chi connectivity index (χ0v) is 12.3. The summed E-state index contributed by atoms with van der Waals surface area (Å²) in [5, 5.41) is 15.2. The highest BCUT2D eigenvalue weighted by Gasteiger charge is 2.15. The quantitative estimate of drug-likeness (QED) is 0.773. The number of nitrogens with one attached hydrogen (secondary N) is 2. The maximum Gasteiger partial charge on any atom is 0.0640 e. The maximum atomic E-state index is 8.54. The molecule has 0 radical (unpaired) electrons. The van der Waals surface area contributed by atoms with Crippen molar-refractivity contribution in [3.8, 4) is 6.07 Å². The molecule has 19 heavy (non-hydrogen) atoms. The van der Waals surface area contributed by atoms with Gasteiger partial charge in [0.15, 0.2) is 0 Å². The summed E-state index contributed by atoms with van der Waals surface area (Å²) < 4.78 is 0. The molecule has 0 unspecified atom stereocenters. The van der Waals surface area contributed by atoms with E-state index in [9.17, 15) is 0 Å². The molecule has 1 aromatic rings. The van der Waals surface area contributed by atoms with Gasteiger partial charge in [0.05, 0.1) is 12.5 Å². The summed E-state index contributed by atoms with van der Waals surface area (Å²) in [7, 11) is 0. The molecule has 102 valence electrons. The normalized spacial score (nSPS) is 10.7. The molecule has 0 aliphatic heterocycles. The fourth-order valence-electron chi connectivity index (χ4n) is 1.48. The molecule has 0 aliphatic carbocycles. The van der Waals surface area contributed by atoms with Crippen molar-refractivity contribution >= 4 is 11.4 Å². The first-order valence-electron chi connectivity index (χ1n) is 6.52. The first-order valence-corrected chi connectivity index (χ1v) is 6.52. The molecule has 0 heterocycles. The molecule has 0 fully saturated rings. The van der Waals surface area contributed by atoms with Gasteiger partial charge in [-0.3, -0.25) is 0 Å². The second-order valence-electron chi connectivity index (χ2n) is 5.72. The van der Waals surface area contributed by atoms with E-state index in [1.54, 1.807) is 0 Å². The Morgan fingerprint density at radius 2 is 2.05 bits per heavy atom. The van der Waals surface area contributed by atoms with Gasteiger partial charge >= 0.3 is 0 Å². The van der Waals surface area contributed by atoms with Crippen molar-refractivity contribution in [2.24, 2.45) is 5.41 Å². The van der Waals surface area contributed by atoms with Crippen LogP contribution in [0.1, 0.15) is 32.8 Å². The van der Waals surface area contributed by atoms with Crippen LogP contribution in [0.4, 0.5) is 11.4 Å². The fraction of sp³-hybridized carbons (Fsp3) is 0.438. The Hall–Kier alpha value is -1.95. The number of benzene rings is 1. The van der Waals surface area contributed by atoms with Crippen LogP contribution in [0.5, 0.6) is 0 Å². The summed E-state index contributed by atoms with van der Waals surface area (Å²) in [6, 6.07) is 8.27. The van der Waals surface area contributed by atoms with Crippen molar-refractivity contribution in [2.75, 3.05) is 17.2 Å². The van der Waals surface area contributed by atoms with E-state index >= 15 is 0 Å². The van der Waals surface area contributed by atoms with Crippen LogP contribution in [0.2, 0.25) is 0 Å². The average molecular weight is 257 g/mol. The Kier molecular flexibility index (Phi) is 5.00. The van der Waals surface area contributed by atoms with Crippen LogP contribution in [0.25, 0.3) is 0 Å². The number of nitrogens with zero attached hydrogens (tertiary/aromatic N) is 1. The number of aryl methyl sites for hydroxylation is 1. The molecule has 0 aliphatic rings. The third-order valence-electron chi connectivity index (χ3n) is 2.99. The molecule has 0 saturated heterocycles. The van der Waals surface area contributed by atoms with Gasteiger partial charge < -0.3 is 10.6 Å². The lowest BCUT2D eigenvalue weighted by Crippen LogP contribution is -2.16. The molecular weight excluding hydrogens is 234 g/mol. The van der Waals surface area contributed by atoms with E-state index in [-0.39, 0.29) is 5.41 Å². The molecule has 3 heteroatoms. The number of anilines is 2. The van der Waals surface area contributed by atoms with E-state index in [1.807, 2.05) is 6.07 Å². The van der Waals surface area contributed by atoms with E-state index < -0.39 is 0 Å². The Balaban J connectivity index is 2.80. The van der Waals surface area contributed by atoms with Gasteiger partial charge in [-0.05, 0) is 24.6 Å². The molecular formula is C16H23N3. The minimum atomic E-state index is 0.0245. The molecule has 0 aromatic heterocycles. The number of hydrogen-bond acceptors (Lipinski definition) is 3. The predicted molar refractivity (Wildman–Crippen MR) is 82.1 cm³/mol. The standard InChI is InChI=1S/C16H23N3/c1-12-7-8-14(18-10-6-9-17)11-15(12)19-13(2)16(3,4)5/h7-8,11,18-19H,2,6,10H2,1,3-5H3. The minimum Gasteiger partial charge on any atom is -0.384 e. The number of nitriles is 1. The predicted octanol–water partition coefficient (Wildman–Crippen LogP) is 4.29. The number of allylic oxidation sites excluding steroid dienone is 1. The molecule has 0 atom stereocenters. The highest BCUT2D eigenvalue weighted by atomic mass is 14.9. The lowest BCUT2D eigenvalue weighted by Gasteiger charge is -2.24. The molecule has 3 nitrogen and oxygen atoms in total. The van der Waals surface area contributed by atoms with Crippen molar-refractivity contribution in [1.29, 1.82) is 5.26 Å². The Labute approximate surface area is 116 Å². The highest BCUT2D eigenvalue weighted by molar-refractivity contribution is 5.63. The third kappa shape index (κ3) is 4.67. The topological polar surface area (TPSA) is 47.8 Å². The van der Waals surface area contributed by atoms with Crippen LogP contribution in [-0.2, 0) is 0 Å². The van der Waals surface area contributed by atoms with E-state index in [1.165, 1.54) is 5.56 Å². The highest BCUT2D eigenvalue weighted by Crippen LogP contribution is 2.28. The average Bonchev–Trinajstić information content (AvgIpc) is 2.32. The van der Waals surface area contributed by atoms with Gasteiger partial charge in [0, 0.05) is 29.0 Å². The summed E-state index contributed by atoms with van der Waals surface area (Å²) in [4.78, 5) is 0. The van der Waals surface area contributed by atoms with Gasteiger partial charge in [0.2, 0.25) is 0 Å². The van der Waals surface area contributed by atoms with Crippen molar-refractivity contribution in [3.05, 3.63) is 36.0 Å². The van der Waals surface area contributed by atoms with Gasteiger partial charge in [-0.1, -0.05) is 33.4 Å². The number of rotatable bonds is 5. The second-order valence-corrected chi connectivity index (χ2v) is 5.72. The van der Waals surface area contributed by atoms with Crippen LogP contribution in [0, 0.1) is 23.7 Å². The largest absolute Gasteiger partial charge is 0.384 e. The van der Waals surface area contributed by atoms with E-state index in [2.05, 4.69) is 63.1 Å². The maximum absolute atomic E-state index is 8.54. The monoisotopic (exact) mass is 257 g/mol. The lowest BCUT2D eigenvalue weighted by molar-refractivity contribution is 0.509. The zero-order valence-electron chi connectivity index (χ0n) is 12.3. The SMILES string of the molecule is C=C(Nc1cc(NCCC#N)ccc1C)C(C)(C)C. The molecule has 0 saturated carbocycles. The van der Waals surface area contributed by atoms with E-state index in [0.29, 0.717) is 13.0 Å². The molecule has 0 bridgehead atoms. The van der Waals surface area contributed by atoms with Crippen LogP contribution in [0.15, 0.2) is 30.5 Å². The summed E-state index contributed by atoms with van der Waals surface area (Å²) in [6.45, 7) is 13.2. The Morgan fingerprint density at radius 3 is 2.63 bits per heavy atom. The van der Waals surface area contributed by atoms with E-state index in [0.717, 1.165) is 17.1 Å². The Bertz CT molecular complexity index is 490. The van der Waals surface area contributed by atoms with Gasteiger partial charge in [-0.2, -0.15) is 5.26 Å². The van der Waals surface area contributed by atoms with Gasteiger partial charge in [-0.25, -0.2) is 0 Å². The van der Waals surface area contributed by atoms with Crippen molar-refractivity contribution in [2.45, 2.75) is 34.1 Å². The van der Waals surface area contributed by atoms with Gasteiger partial charge in [0.25, 0.3) is 0 Å².